The van der Waals surface area contributed by atoms with E-state index in [1.54, 1.807) is 0 Å². The molecule has 0 bridgehead atoms. The topological polar surface area (TPSA) is 61.9 Å². The summed E-state index contributed by atoms with van der Waals surface area (Å²) < 4.78 is 5.60. The quantitative estimate of drug-likeness (QED) is 0.886. The van der Waals surface area contributed by atoms with Crippen LogP contribution in [-0.4, -0.2) is 55.5 Å². The average Bonchev–Trinajstić information content (AvgIpc) is 3.08. The maximum absolute atomic E-state index is 12.3. The van der Waals surface area contributed by atoms with E-state index in [0.29, 0.717) is 30.6 Å². The van der Waals surface area contributed by atoms with Gasteiger partial charge in [0.1, 0.15) is 12.3 Å². The molecule has 2 aliphatic heterocycles. The molecule has 0 aromatic heterocycles. The summed E-state index contributed by atoms with van der Waals surface area (Å²) in [5, 5.41) is 2.96. The third-order valence-corrected chi connectivity index (χ3v) is 4.69. The summed E-state index contributed by atoms with van der Waals surface area (Å²) in [6.07, 6.45) is 2.75. The molecule has 6 heteroatoms. The molecule has 1 aromatic carbocycles. The molecule has 130 valence electrons. The van der Waals surface area contributed by atoms with Crippen LogP contribution in [0.15, 0.2) is 24.3 Å². The number of benzene rings is 1. The van der Waals surface area contributed by atoms with Crippen molar-refractivity contribution < 1.29 is 14.3 Å². The van der Waals surface area contributed by atoms with Gasteiger partial charge in [-0.05, 0) is 45.0 Å². The molecule has 1 N–H and O–H groups in total. The van der Waals surface area contributed by atoms with Crippen molar-refractivity contribution in [3.8, 4) is 5.75 Å². The number of hydrogen-bond donors (Lipinski definition) is 1. The van der Waals surface area contributed by atoms with E-state index in [1.165, 1.54) is 17.7 Å². The summed E-state index contributed by atoms with van der Waals surface area (Å²) in [5.41, 5.74) is 0.669. The van der Waals surface area contributed by atoms with Crippen LogP contribution in [0.4, 0.5) is 5.69 Å². The van der Waals surface area contributed by atoms with Gasteiger partial charge in [0.15, 0.2) is 0 Å². The molecular weight excluding hydrogens is 306 g/mol. The van der Waals surface area contributed by atoms with Gasteiger partial charge < -0.3 is 10.1 Å². The number of rotatable bonds is 5. The van der Waals surface area contributed by atoms with Gasteiger partial charge in [0, 0.05) is 12.6 Å². The Kier molecular flexibility index (Phi) is 5.35. The summed E-state index contributed by atoms with van der Waals surface area (Å²) in [5.74, 6) is 0.440. The fourth-order valence-electron chi connectivity index (χ4n) is 3.27. The van der Waals surface area contributed by atoms with Gasteiger partial charge in [0.25, 0.3) is 0 Å². The molecule has 0 radical (unpaired) electrons. The number of ether oxygens (including phenoxy) is 1. The van der Waals surface area contributed by atoms with Gasteiger partial charge in [0.2, 0.25) is 11.8 Å². The minimum atomic E-state index is -0.133. The van der Waals surface area contributed by atoms with E-state index in [2.05, 4.69) is 17.1 Å². The first-order chi connectivity index (χ1) is 11.6. The van der Waals surface area contributed by atoms with Gasteiger partial charge in [0.05, 0.1) is 18.7 Å². The lowest BCUT2D eigenvalue weighted by atomic mass is 10.2. The maximum atomic E-state index is 12.3. The largest absolute Gasteiger partial charge is 0.491 e. The van der Waals surface area contributed by atoms with Crippen LogP contribution in [0, 0.1) is 0 Å². The fourth-order valence-corrected chi connectivity index (χ4v) is 3.27. The zero-order valence-electron chi connectivity index (χ0n) is 14.2. The van der Waals surface area contributed by atoms with E-state index in [-0.39, 0.29) is 24.8 Å². The number of carbonyl (C=O) groups is 2. The normalized spacial score (nSPS) is 19.4. The highest BCUT2D eigenvalue weighted by atomic mass is 16.5. The Hall–Kier alpha value is -2.08. The number of nitrogens with one attached hydrogen (secondary N) is 1. The minimum absolute atomic E-state index is 0.0337. The van der Waals surface area contributed by atoms with Crippen molar-refractivity contribution in [1.29, 1.82) is 0 Å². The van der Waals surface area contributed by atoms with Crippen molar-refractivity contribution in [1.82, 2.24) is 10.2 Å². The van der Waals surface area contributed by atoms with Crippen molar-refractivity contribution in [3.05, 3.63) is 24.3 Å². The van der Waals surface area contributed by atoms with Crippen LogP contribution in [-0.2, 0) is 9.59 Å². The number of anilines is 1. The first kappa shape index (κ1) is 16.8. The Morgan fingerprint density at radius 3 is 2.83 bits per heavy atom. The average molecular weight is 331 g/mol. The third kappa shape index (κ3) is 3.87. The Bertz CT molecular complexity index is 599. The van der Waals surface area contributed by atoms with Crippen LogP contribution in [0.2, 0.25) is 0 Å². The number of carbonyl (C=O) groups excluding carboxylic acids is 2. The Morgan fingerprint density at radius 1 is 1.29 bits per heavy atom. The molecule has 2 aliphatic rings. The summed E-state index contributed by atoms with van der Waals surface area (Å²) in [4.78, 5) is 28.6. The summed E-state index contributed by atoms with van der Waals surface area (Å²) in [6.45, 7) is 5.33. The van der Waals surface area contributed by atoms with Gasteiger partial charge in [-0.1, -0.05) is 12.1 Å². The van der Waals surface area contributed by atoms with Crippen molar-refractivity contribution in [3.63, 3.8) is 0 Å². The van der Waals surface area contributed by atoms with Crippen molar-refractivity contribution >= 4 is 17.5 Å². The summed E-state index contributed by atoms with van der Waals surface area (Å²) >= 11 is 0. The molecule has 1 fully saturated rings. The molecule has 24 heavy (non-hydrogen) atoms. The predicted octanol–water partition coefficient (Wildman–Crippen LogP) is 1.40. The van der Waals surface area contributed by atoms with E-state index in [9.17, 15) is 9.59 Å². The number of hydrogen-bond acceptors (Lipinski definition) is 4. The Morgan fingerprint density at radius 2 is 2.04 bits per heavy atom. The summed E-state index contributed by atoms with van der Waals surface area (Å²) in [7, 11) is 0. The number of likely N-dealkylation sites (tertiary alicyclic amines) is 1. The Labute approximate surface area is 142 Å². The zero-order valence-corrected chi connectivity index (χ0v) is 14.2. The second kappa shape index (κ2) is 7.66. The highest BCUT2D eigenvalue weighted by Crippen LogP contribution is 2.30. The van der Waals surface area contributed by atoms with E-state index in [0.717, 1.165) is 13.1 Å². The minimum Gasteiger partial charge on any atom is -0.491 e. The molecule has 0 saturated carbocycles. The number of para-hydroxylation sites is 2. The predicted molar refractivity (Wildman–Crippen MR) is 92.2 cm³/mol. The van der Waals surface area contributed by atoms with Gasteiger partial charge in [-0.3, -0.25) is 19.4 Å². The lowest BCUT2D eigenvalue weighted by Crippen LogP contribution is -2.45. The molecular formula is C18H25N3O3. The van der Waals surface area contributed by atoms with E-state index >= 15 is 0 Å². The molecule has 6 nitrogen and oxygen atoms in total. The molecule has 1 unspecified atom stereocenters. The first-order valence-corrected chi connectivity index (χ1v) is 8.68. The number of fused-ring (bicyclic) bond motifs is 1. The molecule has 2 amide bonds. The SMILES string of the molecule is CC(CNC(=O)CN1C(=O)CCOc2ccccc21)N1CCCC1. The number of nitrogens with zero attached hydrogens (tertiary/aromatic N) is 2. The first-order valence-electron chi connectivity index (χ1n) is 8.68. The lowest BCUT2D eigenvalue weighted by molar-refractivity contribution is -0.124. The maximum Gasteiger partial charge on any atom is 0.240 e. The van der Waals surface area contributed by atoms with Gasteiger partial charge >= 0.3 is 0 Å². The van der Waals surface area contributed by atoms with E-state index in [4.69, 9.17) is 4.74 Å². The standard InChI is InChI=1S/C18H25N3O3/c1-14(20-9-4-5-10-20)12-19-17(22)13-21-15-6-2-3-7-16(15)24-11-8-18(21)23/h2-3,6-7,14H,4-5,8-13H2,1H3,(H,19,22). The van der Waals surface area contributed by atoms with Crippen molar-refractivity contribution in [2.75, 3.05) is 37.7 Å². The monoisotopic (exact) mass is 331 g/mol. The van der Waals surface area contributed by atoms with E-state index < -0.39 is 0 Å². The number of amides is 2. The van der Waals surface area contributed by atoms with Gasteiger partial charge in [-0.25, -0.2) is 0 Å². The van der Waals surface area contributed by atoms with Gasteiger partial charge in [-0.2, -0.15) is 0 Å². The van der Waals surface area contributed by atoms with Gasteiger partial charge in [-0.15, -0.1) is 0 Å². The molecule has 1 atom stereocenters. The highest BCUT2D eigenvalue weighted by Gasteiger charge is 2.25. The summed E-state index contributed by atoms with van der Waals surface area (Å²) in [6, 6.07) is 7.69. The third-order valence-electron chi connectivity index (χ3n) is 4.69. The second-order valence-electron chi connectivity index (χ2n) is 6.44. The fraction of sp³-hybridized carbons (Fsp3) is 0.556. The lowest BCUT2D eigenvalue weighted by Gasteiger charge is -2.25. The molecule has 0 aliphatic carbocycles. The molecule has 0 spiro atoms. The smallest absolute Gasteiger partial charge is 0.240 e. The van der Waals surface area contributed by atoms with Crippen LogP contribution >= 0.6 is 0 Å². The molecule has 1 aromatic rings. The van der Waals surface area contributed by atoms with Crippen LogP contribution in [0.5, 0.6) is 5.75 Å². The van der Waals surface area contributed by atoms with Crippen molar-refractivity contribution in [2.45, 2.75) is 32.2 Å². The highest BCUT2D eigenvalue weighted by molar-refractivity contribution is 6.00. The molecule has 1 saturated heterocycles. The Balaban J connectivity index is 1.59. The van der Waals surface area contributed by atoms with Crippen LogP contribution < -0.4 is 15.0 Å². The van der Waals surface area contributed by atoms with E-state index in [1.807, 2.05) is 24.3 Å². The zero-order chi connectivity index (χ0) is 16.9. The van der Waals surface area contributed by atoms with Crippen LogP contribution in [0.3, 0.4) is 0 Å². The van der Waals surface area contributed by atoms with Crippen LogP contribution in [0.1, 0.15) is 26.2 Å². The molecule has 3 rings (SSSR count). The van der Waals surface area contributed by atoms with Crippen molar-refractivity contribution in [2.24, 2.45) is 0 Å². The van der Waals surface area contributed by atoms with Crippen LogP contribution in [0.25, 0.3) is 0 Å². The second-order valence-corrected chi connectivity index (χ2v) is 6.44. The molecule has 2 heterocycles.